The molecule has 142 valence electrons. The van der Waals surface area contributed by atoms with Gasteiger partial charge in [0.1, 0.15) is 6.54 Å². The molecule has 1 aromatic heterocycles. The first kappa shape index (κ1) is 17.1. The van der Waals surface area contributed by atoms with Crippen molar-refractivity contribution in [3.63, 3.8) is 0 Å². The lowest BCUT2D eigenvalue weighted by atomic mass is 9.97. The summed E-state index contributed by atoms with van der Waals surface area (Å²) in [7, 11) is 2.20. The molecular weight excluding hydrogens is 364 g/mol. The maximum Gasteiger partial charge on any atom is 0.243 e. The summed E-state index contributed by atoms with van der Waals surface area (Å²) in [6.07, 6.45) is 3.31. The molecule has 1 aromatic carbocycles. The van der Waals surface area contributed by atoms with E-state index in [-0.39, 0.29) is 24.9 Å². The molecule has 3 aliphatic heterocycles. The van der Waals surface area contributed by atoms with E-state index in [4.69, 9.17) is 11.6 Å². The molecule has 0 spiro atoms. The van der Waals surface area contributed by atoms with Crippen LogP contribution in [0.1, 0.15) is 30.1 Å². The van der Waals surface area contributed by atoms with E-state index in [2.05, 4.69) is 21.8 Å². The van der Waals surface area contributed by atoms with Crippen LogP contribution in [0.25, 0.3) is 10.9 Å². The summed E-state index contributed by atoms with van der Waals surface area (Å²) in [5, 5.41) is 4.67. The molecule has 2 bridgehead atoms. The monoisotopic (exact) mass is 386 g/mol. The molecule has 2 unspecified atom stereocenters. The second-order valence-corrected chi connectivity index (χ2v) is 8.33. The highest BCUT2D eigenvalue weighted by Gasteiger charge is 2.41. The van der Waals surface area contributed by atoms with Crippen LogP contribution in [0.15, 0.2) is 18.2 Å². The lowest BCUT2D eigenvalue weighted by molar-refractivity contribution is -0.138. The fourth-order valence-corrected chi connectivity index (χ4v) is 5.27. The number of aromatic nitrogens is 1. The molecule has 2 amide bonds. The van der Waals surface area contributed by atoms with Gasteiger partial charge in [-0.2, -0.15) is 0 Å². The van der Waals surface area contributed by atoms with Crippen molar-refractivity contribution < 1.29 is 9.59 Å². The van der Waals surface area contributed by atoms with Crippen molar-refractivity contribution in [1.29, 1.82) is 0 Å². The molecule has 2 fully saturated rings. The number of fused-ring (bicyclic) bond motifs is 6. The van der Waals surface area contributed by atoms with Gasteiger partial charge >= 0.3 is 0 Å². The van der Waals surface area contributed by atoms with Crippen molar-refractivity contribution in [2.45, 2.75) is 37.9 Å². The lowest BCUT2D eigenvalue weighted by Crippen LogP contribution is -2.50. The van der Waals surface area contributed by atoms with Gasteiger partial charge in [0.05, 0.1) is 6.54 Å². The largest absolute Gasteiger partial charge is 0.353 e. The summed E-state index contributed by atoms with van der Waals surface area (Å²) in [4.78, 5) is 28.7. The number of carbonyl (C=O) groups excluding carboxylic acids is 2. The molecule has 6 nitrogen and oxygen atoms in total. The van der Waals surface area contributed by atoms with Crippen LogP contribution < -0.4 is 5.32 Å². The Morgan fingerprint density at radius 2 is 2.19 bits per heavy atom. The zero-order valence-electron chi connectivity index (χ0n) is 15.4. The zero-order valence-corrected chi connectivity index (χ0v) is 16.1. The lowest BCUT2D eigenvalue weighted by Gasteiger charge is -2.33. The Kier molecular flexibility index (Phi) is 3.95. The van der Waals surface area contributed by atoms with Crippen LogP contribution in [0, 0.1) is 0 Å². The summed E-state index contributed by atoms with van der Waals surface area (Å²) in [5.41, 5.74) is 3.68. The van der Waals surface area contributed by atoms with Gasteiger partial charge in [0.2, 0.25) is 11.8 Å². The number of amides is 2. The number of hydrogen-bond acceptors (Lipinski definition) is 3. The molecule has 0 saturated carbocycles. The number of likely N-dealkylation sites (N-methyl/N-ethyl adjacent to an activating group) is 1. The molecule has 2 atom stereocenters. The SMILES string of the molecule is CN1C2CCC1c1c(n(CC(=O)N3CCNC(=O)C3)c3ccc(Cl)cc13)C2. The van der Waals surface area contributed by atoms with Crippen molar-refractivity contribution in [2.24, 2.45) is 0 Å². The molecule has 5 rings (SSSR count). The first-order valence-corrected chi connectivity index (χ1v) is 9.97. The number of halogens is 1. The molecule has 4 heterocycles. The Hall–Kier alpha value is -2.05. The van der Waals surface area contributed by atoms with Crippen molar-refractivity contribution in [3.8, 4) is 0 Å². The number of benzene rings is 1. The molecule has 0 aliphatic carbocycles. The Morgan fingerprint density at radius 3 is 3.00 bits per heavy atom. The van der Waals surface area contributed by atoms with Gasteiger partial charge in [-0.3, -0.25) is 14.5 Å². The normalized spacial score (nSPS) is 25.0. The second kappa shape index (κ2) is 6.24. The number of carbonyl (C=O) groups is 2. The van der Waals surface area contributed by atoms with Gasteiger partial charge in [-0.15, -0.1) is 0 Å². The van der Waals surface area contributed by atoms with Crippen molar-refractivity contribution in [3.05, 3.63) is 34.5 Å². The summed E-state index contributed by atoms with van der Waals surface area (Å²) in [6, 6.07) is 6.90. The Balaban J connectivity index is 1.58. The van der Waals surface area contributed by atoms with Gasteiger partial charge < -0.3 is 14.8 Å². The molecule has 2 aromatic rings. The Bertz CT molecular complexity index is 953. The smallest absolute Gasteiger partial charge is 0.243 e. The summed E-state index contributed by atoms with van der Waals surface area (Å²) in [5.74, 6) is -0.0776. The fraction of sp³-hybridized carbons (Fsp3) is 0.500. The van der Waals surface area contributed by atoms with Crippen molar-refractivity contribution >= 4 is 34.3 Å². The van der Waals surface area contributed by atoms with E-state index in [1.54, 1.807) is 4.90 Å². The van der Waals surface area contributed by atoms with E-state index >= 15 is 0 Å². The van der Waals surface area contributed by atoms with Gasteiger partial charge in [-0.25, -0.2) is 0 Å². The van der Waals surface area contributed by atoms with Crippen LogP contribution in [0.4, 0.5) is 0 Å². The first-order valence-electron chi connectivity index (χ1n) is 9.60. The van der Waals surface area contributed by atoms with Crippen LogP contribution in [-0.4, -0.2) is 58.9 Å². The first-order chi connectivity index (χ1) is 13.0. The van der Waals surface area contributed by atoms with Crippen molar-refractivity contribution in [1.82, 2.24) is 19.7 Å². The Morgan fingerprint density at radius 1 is 1.33 bits per heavy atom. The van der Waals surface area contributed by atoms with Crippen LogP contribution in [-0.2, 0) is 22.6 Å². The van der Waals surface area contributed by atoms with Gasteiger partial charge in [0.25, 0.3) is 0 Å². The Labute approximate surface area is 163 Å². The molecule has 27 heavy (non-hydrogen) atoms. The van der Waals surface area contributed by atoms with Crippen LogP contribution >= 0.6 is 11.6 Å². The number of nitrogens with zero attached hydrogens (tertiary/aromatic N) is 3. The minimum atomic E-state index is -0.0829. The van der Waals surface area contributed by atoms with E-state index < -0.39 is 0 Å². The third-order valence-electron chi connectivity index (χ3n) is 6.46. The van der Waals surface area contributed by atoms with Crippen LogP contribution in [0.3, 0.4) is 0 Å². The maximum atomic E-state index is 12.9. The summed E-state index contributed by atoms with van der Waals surface area (Å²) < 4.78 is 2.17. The second-order valence-electron chi connectivity index (χ2n) is 7.89. The minimum absolute atomic E-state index is 0.00535. The molecule has 1 N–H and O–H groups in total. The highest BCUT2D eigenvalue weighted by molar-refractivity contribution is 6.31. The van der Waals surface area contributed by atoms with Crippen molar-refractivity contribution in [2.75, 3.05) is 26.7 Å². The summed E-state index contributed by atoms with van der Waals surface area (Å²) in [6.45, 7) is 1.54. The van der Waals surface area contributed by atoms with E-state index in [9.17, 15) is 9.59 Å². The molecule has 3 aliphatic rings. The van der Waals surface area contributed by atoms with E-state index in [1.165, 1.54) is 23.1 Å². The van der Waals surface area contributed by atoms with E-state index in [0.717, 1.165) is 23.4 Å². The molecule has 2 saturated heterocycles. The number of rotatable bonds is 2. The number of nitrogens with one attached hydrogen (secondary N) is 1. The van der Waals surface area contributed by atoms with Gasteiger partial charge in [-0.05, 0) is 43.7 Å². The van der Waals surface area contributed by atoms with Crippen LogP contribution in [0.2, 0.25) is 5.02 Å². The number of piperazine rings is 1. The van der Waals surface area contributed by atoms with Gasteiger partial charge in [0.15, 0.2) is 0 Å². The van der Waals surface area contributed by atoms with Gasteiger partial charge in [0, 0.05) is 53.2 Å². The highest BCUT2D eigenvalue weighted by atomic mass is 35.5. The van der Waals surface area contributed by atoms with Gasteiger partial charge in [-0.1, -0.05) is 11.6 Å². The minimum Gasteiger partial charge on any atom is -0.353 e. The third kappa shape index (κ3) is 2.65. The third-order valence-corrected chi connectivity index (χ3v) is 6.70. The molecule has 0 radical (unpaired) electrons. The average molecular weight is 387 g/mol. The number of hydrogen-bond donors (Lipinski definition) is 1. The van der Waals surface area contributed by atoms with Crippen LogP contribution in [0.5, 0.6) is 0 Å². The highest BCUT2D eigenvalue weighted by Crippen LogP contribution is 2.47. The topological polar surface area (TPSA) is 57.6 Å². The predicted molar refractivity (Wildman–Crippen MR) is 104 cm³/mol. The quantitative estimate of drug-likeness (QED) is 0.858. The average Bonchev–Trinajstić information content (AvgIpc) is 3.05. The molecule has 7 heteroatoms. The molecular formula is C20H23ClN4O2. The fourth-order valence-electron chi connectivity index (χ4n) is 5.09. The van der Waals surface area contributed by atoms with E-state index in [0.29, 0.717) is 25.2 Å². The predicted octanol–water partition coefficient (Wildman–Crippen LogP) is 1.94. The maximum absolute atomic E-state index is 12.9. The van der Waals surface area contributed by atoms with E-state index in [1.807, 2.05) is 18.2 Å². The summed E-state index contributed by atoms with van der Waals surface area (Å²) >= 11 is 6.31. The zero-order chi connectivity index (χ0) is 18.7. The standard InChI is InChI=1S/C20H23ClN4O2/c1-23-13-3-5-16(23)20-14-8-12(21)2-4-15(14)25(17(20)9-13)11-19(27)24-7-6-22-18(26)10-24/h2,4,8,13,16H,3,5-7,9-11H2,1H3,(H,22,26).